The number of anilines is 1. The van der Waals surface area contributed by atoms with E-state index in [0.29, 0.717) is 24.8 Å². The average Bonchev–Trinajstić information content (AvgIpc) is 3.38. The van der Waals surface area contributed by atoms with Crippen LogP contribution in [0.25, 0.3) is 0 Å². The number of phenols is 1. The lowest BCUT2D eigenvalue weighted by Gasteiger charge is -2.51. The fourth-order valence-corrected chi connectivity index (χ4v) is 8.85. The van der Waals surface area contributed by atoms with Gasteiger partial charge in [0.05, 0.1) is 31.7 Å². The van der Waals surface area contributed by atoms with E-state index in [0.717, 1.165) is 17.0 Å². The van der Waals surface area contributed by atoms with Gasteiger partial charge in [-0.2, -0.15) is 0 Å². The van der Waals surface area contributed by atoms with Crippen LogP contribution in [0.5, 0.6) is 17.2 Å². The zero-order chi connectivity index (χ0) is 34.7. The smallest absolute Gasteiger partial charge is 0.303 e. The number of halogens is 3. The molecular weight excluding hydrogens is 670 g/mol. The van der Waals surface area contributed by atoms with Crippen molar-refractivity contribution in [3.8, 4) is 17.2 Å². The first-order chi connectivity index (χ1) is 22.8. The van der Waals surface area contributed by atoms with Crippen molar-refractivity contribution in [2.75, 3.05) is 25.7 Å². The summed E-state index contributed by atoms with van der Waals surface area (Å²) in [6, 6.07) is 7.31. The van der Waals surface area contributed by atoms with E-state index in [1.54, 1.807) is 6.08 Å². The highest BCUT2D eigenvalue weighted by atomic mass is 35.5. The first-order valence-electron chi connectivity index (χ1n) is 15.5. The van der Waals surface area contributed by atoms with Crippen LogP contribution in [0, 0.1) is 23.6 Å². The molecule has 0 spiro atoms. The molecule has 6 atom stereocenters. The van der Waals surface area contributed by atoms with Gasteiger partial charge in [0.15, 0.2) is 9.75 Å². The standard InChI is InChI=1S/C34H33Cl2FN2O9/c1-47-23-14-19(40)15-24(48-2)27(23)28-20-11-12-21-26(30(44)38(29(21)43)13-5-3-4-6-25(41)42)22(20)16-33(35)31(45)39(32(46)34(28,33)36)18-9-7-17(37)8-10-18/h7-11,14-15,21-22,26,28,40H,3-6,12-13,16H2,1-2H3,(H,41,42). The number of methoxy groups -OCH3 is 2. The number of benzene rings is 2. The van der Waals surface area contributed by atoms with Crippen LogP contribution < -0.4 is 14.4 Å². The number of hydrogen-bond donors (Lipinski definition) is 2. The minimum absolute atomic E-state index is 0.0201. The molecule has 0 aromatic heterocycles. The van der Waals surface area contributed by atoms with E-state index in [9.17, 15) is 33.5 Å². The number of carboxylic acid groups (broad SMARTS) is 1. The lowest BCUT2D eigenvalue weighted by Crippen LogP contribution is -2.60. The van der Waals surface area contributed by atoms with Gasteiger partial charge >= 0.3 is 5.97 Å². The molecule has 254 valence electrons. The van der Waals surface area contributed by atoms with Gasteiger partial charge in [0, 0.05) is 36.6 Å². The lowest BCUT2D eigenvalue weighted by atomic mass is 9.56. The number of amides is 4. The molecule has 2 aromatic rings. The summed E-state index contributed by atoms with van der Waals surface area (Å²) < 4.78 is 25.2. The van der Waals surface area contributed by atoms with Gasteiger partial charge in [-0.05, 0) is 55.9 Å². The van der Waals surface area contributed by atoms with Crippen LogP contribution in [0.1, 0.15) is 50.0 Å². The zero-order valence-electron chi connectivity index (χ0n) is 26.1. The quantitative estimate of drug-likeness (QED) is 0.155. The Kier molecular flexibility index (Phi) is 8.70. The molecule has 0 radical (unpaired) electrons. The predicted molar refractivity (Wildman–Crippen MR) is 171 cm³/mol. The number of nitrogens with zero attached hydrogens (tertiary/aromatic N) is 2. The molecule has 11 nitrogen and oxygen atoms in total. The molecule has 6 rings (SSSR count). The van der Waals surface area contributed by atoms with Crippen molar-refractivity contribution in [3.05, 3.63) is 59.4 Å². The van der Waals surface area contributed by atoms with Crippen molar-refractivity contribution in [3.63, 3.8) is 0 Å². The predicted octanol–water partition coefficient (Wildman–Crippen LogP) is 4.76. The number of rotatable bonds is 10. The van der Waals surface area contributed by atoms with Crippen molar-refractivity contribution in [1.29, 1.82) is 0 Å². The second-order valence-corrected chi connectivity index (χ2v) is 13.8. The molecule has 3 fully saturated rings. The Morgan fingerprint density at radius 2 is 1.60 bits per heavy atom. The molecule has 0 bridgehead atoms. The normalized spacial score (nSPS) is 29.4. The summed E-state index contributed by atoms with van der Waals surface area (Å²) in [7, 11) is 2.69. The van der Waals surface area contributed by atoms with Crippen LogP contribution in [0.3, 0.4) is 0 Å². The first-order valence-corrected chi connectivity index (χ1v) is 16.3. The van der Waals surface area contributed by atoms with Crippen LogP contribution >= 0.6 is 23.2 Å². The van der Waals surface area contributed by atoms with Crippen molar-refractivity contribution < 1.29 is 48.0 Å². The van der Waals surface area contributed by atoms with Crippen LogP contribution in [0.4, 0.5) is 10.1 Å². The molecule has 6 unspecified atom stereocenters. The number of carbonyl (C=O) groups excluding carboxylic acids is 4. The maximum absolute atomic E-state index is 14.6. The molecule has 2 heterocycles. The van der Waals surface area contributed by atoms with Crippen LogP contribution in [0.15, 0.2) is 48.0 Å². The number of likely N-dealkylation sites (tertiary alicyclic amines) is 1. The number of aromatic hydroxyl groups is 1. The molecule has 4 aliphatic rings. The highest BCUT2D eigenvalue weighted by Crippen LogP contribution is 2.67. The summed E-state index contributed by atoms with van der Waals surface area (Å²) in [5, 5.41) is 19.4. The number of imide groups is 2. The minimum atomic E-state index is -2.22. The van der Waals surface area contributed by atoms with Gasteiger partial charge in [-0.3, -0.25) is 28.9 Å². The topological polar surface area (TPSA) is 151 Å². The number of fused-ring (bicyclic) bond motifs is 4. The van der Waals surface area contributed by atoms with Crippen LogP contribution in [-0.4, -0.2) is 75.2 Å². The van der Waals surface area contributed by atoms with E-state index in [-0.39, 0.29) is 60.2 Å². The Morgan fingerprint density at radius 3 is 2.21 bits per heavy atom. The monoisotopic (exact) mass is 702 g/mol. The molecule has 2 aromatic carbocycles. The number of carboxylic acids is 1. The zero-order valence-corrected chi connectivity index (χ0v) is 27.6. The van der Waals surface area contributed by atoms with E-state index >= 15 is 0 Å². The number of phenolic OH excluding ortho intramolecular Hbond substituents is 1. The van der Waals surface area contributed by atoms with Gasteiger partial charge in [-0.25, -0.2) is 9.29 Å². The summed E-state index contributed by atoms with van der Waals surface area (Å²) >= 11 is 14.8. The third-order valence-corrected chi connectivity index (χ3v) is 11.5. The van der Waals surface area contributed by atoms with E-state index < -0.39 is 62.9 Å². The largest absolute Gasteiger partial charge is 0.508 e. The molecule has 2 N–H and O–H groups in total. The van der Waals surface area contributed by atoms with E-state index in [1.807, 2.05) is 0 Å². The molecule has 2 saturated heterocycles. The van der Waals surface area contributed by atoms with Gasteiger partial charge in [-0.15, -0.1) is 23.2 Å². The van der Waals surface area contributed by atoms with Crippen LogP contribution in [0.2, 0.25) is 0 Å². The number of hydrogen-bond acceptors (Lipinski definition) is 8. The van der Waals surface area contributed by atoms with Crippen LogP contribution in [-0.2, 0) is 24.0 Å². The van der Waals surface area contributed by atoms with Gasteiger partial charge < -0.3 is 19.7 Å². The average molecular weight is 704 g/mol. The fourth-order valence-electron chi connectivity index (χ4n) is 7.93. The minimum Gasteiger partial charge on any atom is -0.508 e. The van der Waals surface area contributed by atoms with Gasteiger partial charge in [0.2, 0.25) is 11.8 Å². The summed E-state index contributed by atoms with van der Waals surface area (Å²) in [6.45, 7) is 0.108. The Hall–Kier alpha value is -4.16. The van der Waals surface area contributed by atoms with E-state index in [1.165, 1.54) is 43.4 Å². The molecule has 48 heavy (non-hydrogen) atoms. The molecule has 1 saturated carbocycles. The van der Waals surface area contributed by atoms with Gasteiger partial charge in [-0.1, -0.05) is 18.1 Å². The number of allylic oxidation sites excluding steroid dienone is 2. The fraction of sp³-hybridized carbons (Fsp3) is 0.441. The van der Waals surface area contributed by atoms with Crippen molar-refractivity contribution in [1.82, 2.24) is 4.90 Å². The molecule has 14 heteroatoms. The SMILES string of the molecule is COc1cc(O)cc(OC)c1C1C2=CCC3C(=O)N(CCCCCC(=O)O)C(=O)C3C2CC2(Cl)C(=O)N(c3ccc(F)cc3)C(=O)C12Cl. The molecule has 4 amide bonds. The molecule has 2 aliphatic carbocycles. The number of unbranched alkanes of at least 4 members (excludes halogenated alkanes) is 2. The van der Waals surface area contributed by atoms with Gasteiger partial charge in [0.25, 0.3) is 11.8 Å². The summed E-state index contributed by atoms with van der Waals surface area (Å²) in [5.74, 6) is -7.87. The second kappa shape index (κ2) is 12.4. The highest BCUT2D eigenvalue weighted by Gasteiger charge is 2.77. The number of carbonyl (C=O) groups is 5. The lowest BCUT2D eigenvalue weighted by molar-refractivity contribution is -0.141. The summed E-state index contributed by atoms with van der Waals surface area (Å²) in [4.78, 5) is 65.2. The first kappa shape index (κ1) is 33.7. The summed E-state index contributed by atoms with van der Waals surface area (Å²) in [5.41, 5.74) is 0.748. The third kappa shape index (κ3) is 4.94. The maximum atomic E-state index is 14.6. The Balaban J connectivity index is 1.48. The number of aliphatic carboxylic acids is 1. The Bertz CT molecular complexity index is 1730. The maximum Gasteiger partial charge on any atom is 0.303 e. The van der Waals surface area contributed by atoms with Crippen molar-refractivity contribution in [2.24, 2.45) is 17.8 Å². The number of alkyl halides is 2. The van der Waals surface area contributed by atoms with E-state index in [4.69, 9.17) is 37.8 Å². The highest BCUT2D eigenvalue weighted by molar-refractivity contribution is 6.58. The van der Waals surface area contributed by atoms with Crippen molar-refractivity contribution in [2.45, 2.75) is 54.2 Å². The molecular formula is C34H33Cl2FN2O9. The second-order valence-electron chi connectivity index (χ2n) is 12.5. The Morgan fingerprint density at radius 1 is 0.958 bits per heavy atom. The van der Waals surface area contributed by atoms with E-state index in [2.05, 4.69) is 0 Å². The molecule has 2 aliphatic heterocycles. The Labute approximate surface area is 285 Å². The summed E-state index contributed by atoms with van der Waals surface area (Å²) in [6.07, 6.45) is 2.95. The number of ether oxygens (including phenoxy) is 2. The van der Waals surface area contributed by atoms with Crippen molar-refractivity contribution >= 4 is 58.5 Å². The third-order valence-electron chi connectivity index (χ3n) is 10.1. The van der Waals surface area contributed by atoms with Gasteiger partial charge in [0.1, 0.15) is 23.1 Å².